The number of nitrogens with one attached hydrogen (secondary N) is 1. The van der Waals surface area contributed by atoms with Gasteiger partial charge in [0.05, 0.1) is 12.7 Å². The molecule has 3 rings (SSSR count). The van der Waals surface area contributed by atoms with Crippen LogP contribution in [0.3, 0.4) is 0 Å². The zero-order valence-corrected chi connectivity index (χ0v) is 12.5. The molecule has 1 heterocycles. The van der Waals surface area contributed by atoms with E-state index in [1.807, 2.05) is 55.5 Å². The molecule has 110 valence electrons. The lowest BCUT2D eigenvalue weighted by molar-refractivity contribution is -0.115. The van der Waals surface area contributed by atoms with Crippen LogP contribution in [0, 0.1) is 6.92 Å². The number of amidine groups is 1. The van der Waals surface area contributed by atoms with Crippen molar-refractivity contribution >= 4 is 17.8 Å². The van der Waals surface area contributed by atoms with E-state index in [0.29, 0.717) is 17.3 Å². The van der Waals surface area contributed by atoms with E-state index >= 15 is 0 Å². The predicted octanol–water partition coefficient (Wildman–Crippen LogP) is 2.92. The van der Waals surface area contributed by atoms with Gasteiger partial charge in [0, 0.05) is 0 Å². The Labute approximate surface area is 129 Å². The van der Waals surface area contributed by atoms with Crippen molar-refractivity contribution in [1.29, 1.82) is 0 Å². The highest BCUT2D eigenvalue weighted by Gasteiger charge is 2.22. The van der Waals surface area contributed by atoms with Gasteiger partial charge < -0.3 is 10.1 Å². The van der Waals surface area contributed by atoms with Gasteiger partial charge in [0.1, 0.15) is 17.3 Å². The van der Waals surface area contributed by atoms with E-state index in [9.17, 15) is 4.79 Å². The van der Waals surface area contributed by atoms with Gasteiger partial charge in [-0.2, -0.15) is 0 Å². The standard InChI is InChI=1S/C18H16N2O2/c1-12-7-9-13(10-8-12)11-15-18(21)20-17(19-15)14-5-3-4-6-16(14)22-2/h3-11H,1-2H3,(H,19,20,21)/b15-11+. The summed E-state index contributed by atoms with van der Waals surface area (Å²) in [6.45, 7) is 2.02. The first kappa shape index (κ1) is 14.1. The molecule has 0 saturated heterocycles. The lowest BCUT2D eigenvalue weighted by Crippen LogP contribution is -2.25. The highest BCUT2D eigenvalue weighted by Crippen LogP contribution is 2.22. The number of aryl methyl sites for hydroxylation is 1. The SMILES string of the molecule is COc1ccccc1C1=N/C(=C/c2ccc(C)cc2)C(=O)N1. The highest BCUT2D eigenvalue weighted by molar-refractivity contribution is 6.20. The van der Waals surface area contributed by atoms with Crippen molar-refractivity contribution in [3.63, 3.8) is 0 Å². The second-order valence-corrected chi connectivity index (χ2v) is 5.06. The molecule has 2 aromatic rings. The largest absolute Gasteiger partial charge is 0.496 e. The zero-order chi connectivity index (χ0) is 15.5. The molecule has 0 atom stereocenters. The van der Waals surface area contributed by atoms with Gasteiger partial charge in [-0.25, -0.2) is 4.99 Å². The molecule has 1 N–H and O–H groups in total. The molecule has 1 aliphatic rings. The molecular weight excluding hydrogens is 276 g/mol. The normalized spacial score (nSPS) is 15.6. The summed E-state index contributed by atoms with van der Waals surface area (Å²) in [6, 6.07) is 15.4. The molecule has 0 saturated carbocycles. The molecule has 2 aromatic carbocycles. The number of ether oxygens (including phenoxy) is 1. The van der Waals surface area contributed by atoms with E-state index in [4.69, 9.17) is 4.74 Å². The quantitative estimate of drug-likeness (QED) is 0.884. The summed E-state index contributed by atoms with van der Waals surface area (Å²) in [7, 11) is 1.60. The number of hydrogen-bond donors (Lipinski definition) is 1. The van der Waals surface area contributed by atoms with E-state index < -0.39 is 0 Å². The molecule has 1 amide bonds. The number of carbonyl (C=O) groups excluding carboxylic acids is 1. The molecule has 4 heteroatoms. The number of carbonyl (C=O) groups is 1. The van der Waals surface area contributed by atoms with Gasteiger partial charge in [0.25, 0.3) is 5.91 Å². The molecule has 0 radical (unpaired) electrons. The van der Waals surface area contributed by atoms with Crippen LogP contribution in [0.2, 0.25) is 0 Å². The third-order valence-corrected chi connectivity index (χ3v) is 3.44. The average Bonchev–Trinajstić information content (AvgIpc) is 2.90. The Bertz CT molecular complexity index is 774. The maximum absolute atomic E-state index is 12.1. The van der Waals surface area contributed by atoms with Gasteiger partial charge in [-0.05, 0) is 30.7 Å². The summed E-state index contributed by atoms with van der Waals surface area (Å²) in [6.07, 6.45) is 1.77. The van der Waals surface area contributed by atoms with Crippen molar-refractivity contribution in [2.45, 2.75) is 6.92 Å². The highest BCUT2D eigenvalue weighted by atomic mass is 16.5. The molecule has 4 nitrogen and oxygen atoms in total. The lowest BCUT2D eigenvalue weighted by atomic mass is 10.1. The molecule has 0 spiro atoms. The van der Waals surface area contributed by atoms with Crippen molar-refractivity contribution in [1.82, 2.24) is 5.32 Å². The number of rotatable bonds is 3. The Morgan fingerprint density at radius 2 is 1.82 bits per heavy atom. The Morgan fingerprint density at radius 3 is 2.55 bits per heavy atom. The second-order valence-electron chi connectivity index (χ2n) is 5.06. The number of hydrogen-bond acceptors (Lipinski definition) is 3. The van der Waals surface area contributed by atoms with E-state index in [1.165, 1.54) is 5.56 Å². The molecule has 0 fully saturated rings. The van der Waals surface area contributed by atoms with Gasteiger partial charge in [0.2, 0.25) is 0 Å². The third-order valence-electron chi connectivity index (χ3n) is 3.44. The Balaban J connectivity index is 1.96. The van der Waals surface area contributed by atoms with Crippen LogP contribution in [-0.4, -0.2) is 18.9 Å². The fourth-order valence-electron chi connectivity index (χ4n) is 2.26. The fraction of sp³-hybridized carbons (Fsp3) is 0.111. The molecule has 0 aliphatic carbocycles. The zero-order valence-electron chi connectivity index (χ0n) is 12.5. The predicted molar refractivity (Wildman–Crippen MR) is 86.8 cm³/mol. The molecular formula is C18H16N2O2. The first-order chi connectivity index (χ1) is 10.7. The van der Waals surface area contributed by atoms with Crippen molar-refractivity contribution < 1.29 is 9.53 Å². The minimum Gasteiger partial charge on any atom is -0.496 e. The number of aliphatic imine (C=N–C) groups is 1. The van der Waals surface area contributed by atoms with Crippen molar-refractivity contribution in [2.75, 3.05) is 7.11 Å². The fourth-order valence-corrected chi connectivity index (χ4v) is 2.26. The van der Waals surface area contributed by atoms with Crippen molar-refractivity contribution in [2.24, 2.45) is 4.99 Å². The number of methoxy groups -OCH3 is 1. The topological polar surface area (TPSA) is 50.7 Å². The van der Waals surface area contributed by atoms with Gasteiger partial charge in [-0.3, -0.25) is 4.79 Å². The van der Waals surface area contributed by atoms with Gasteiger partial charge >= 0.3 is 0 Å². The van der Waals surface area contributed by atoms with Crippen LogP contribution in [0.4, 0.5) is 0 Å². The monoisotopic (exact) mass is 292 g/mol. The summed E-state index contributed by atoms with van der Waals surface area (Å²) in [5.41, 5.74) is 3.28. The Morgan fingerprint density at radius 1 is 1.09 bits per heavy atom. The minimum atomic E-state index is -0.207. The molecule has 0 aromatic heterocycles. The average molecular weight is 292 g/mol. The Kier molecular flexibility index (Phi) is 3.74. The number of nitrogens with zero attached hydrogens (tertiary/aromatic N) is 1. The number of para-hydroxylation sites is 1. The number of amides is 1. The Hall–Kier alpha value is -2.88. The summed E-state index contributed by atoms with van der Waals surface area (Å²) >= 11 is 0. The molecule has 22 heavy (non-hydrogen) atoms. The van der Waals surface area contributed by atoms with E-state index in [0.717, 1.165) is 11.1 Å². The summed E-state index contributed by atoms with van der Waals surface area (Å²) in [4.78, 5) is 16.5. The van der Waals surface area contributed by atoms with E-state index in [2.05, 4.69) is 10.3 Å². The lowest BCUT2D eigenvalue weighted by Gasteiger charge is -2.06. The first-order valence-corrected chi connectivity index (χ1v) is 6.99. The van der Waals surface area contributed by atoms with Crippen LogP contribution in [0.1, 0.15) is 16.7 Å². The maximum atomic E-state index is 12.1. The van der Waals surface area contributed by atoms with Crippen LogP contribution in [0.5, 0.6) is 5.75 Å². The first-order valence-electron chi connectivity index (χ1n) is 6.99. The third kappa shape index (κ3) is 2.76. The summed E-state index contributed by atoms with van der Waals surface area (Å²) in [5, 5.41) is 2.79. The van der Waals surface area contributed by atoms with Gasteiger partial charge in [-0.15, -0.1) is 0 Å². The maximum Gasteiger partial charge on any atom is 0.275 e. The van der Waals surface area contributed by atoms with Crippen LogP contribution in [0.15, 0.2) is 59.2 Å². The molecule has 0 bridgehead atoms. The molecule has 0 unspecified atom stereocenters. The van der Waals surface area contributed by atoms with E-state index in [-0.39, 0.29) is 5.91 Å². The van der Waals surface area contributed by atoms with Gasteiger partial charge in [-0.1, -0.05) is 42.0 Å². The van der Waals surface area contributed by atoms with Crippen molar-refractivity contribution in [3.05, 3.63) is 70.9 Å². The summed E-state index contributed by atoms with van der Waals surface area (Å²) in [5.74, 6) is 0.987. The van der Waals surface area contributed by atoms with Gasteiger partial charge in [0.15, 0.2) is 0 Å². The van der Waals surface area contributed by atoms with Crippen LogP contribution in [0.25, 0.3) is 6.08 Å². The van der Waals surface area contributed by atoms with Crippen molar-refractivity contribution in [3.8, 4) is 5.75 Å². The summed E-state index contributed by atoms with van der Waals surface area (Å²) < 4.78 is 5.31. The van der Waals surface area contributed by atoms with Crippen LogP contribution in [-0.2, 0) is 4.79 Å². The van der Waals surface area contributed by atoms with E-state index in [1.54, 1.807) is 13.2 Å². The smallest absolute Gasteiger partial charge is 0.275 e. The van der Waals surface area contributed by atoms with Crippen LogP contribution < -0.4 is 10.1 Å². The van der Waals surface area contributed by atoms with Crippen LogP contribution >= 0.6 is 0 Å². The number of benzene rings is 2. The second kappa shape index (κ2) is 5.85. The molecule has 1 aliphatic heterocycles. The minimum absolute atomic E-state index is 0.207.